The van der Waals surface area contributed by atoms with Crippen molar-refractivity contribution >= 4 is 11.8 Å². The Labute approximate surface area is 121 Å². The molecule has 1 aromatic carbocycles. The SMILES string of the molecule is O=C(CCc1ccc(F)c(F)c1)N[C@H]1CCCCNC1=O. The van der Waals surface area contributed by atoms with Crippen LogP contribution in [0.5, 0.6) is 0 Å². The van der Waals surface area contributed by atoms with Crippen LogP contribution in [0.2, 0.25) is 0 Å². The van der Waals surface area contributed by atoms with Gasteiger partial charge in [-0.2, -0.15) is 0 Å². The van der Waals surface area contributed by atoms with Crippen LogP contribution in [0.15, 0.2) is 18.2 Å². The molecule has 114 valence electrons. The summed E-state index contributed by atoms with van der Waals surface area (Å²) in [4.78, 5) is 23.5. The summed E-state index contributed by atoms with van der Waals surface area (Å²) >= 11 is 0. The molecule has 2 N–H and O–H groups in total. The minimum atomic E-state index is -0.920. The van der Waals surface area contributed by atoms with Crippen molar-refractivity contribution in [2.24, 2.45) is 0 Å². The number of rotatable bonds is 4. The second kappa shape index (κ2) is 7.15. The molecular formula is C15H18F2N2O2. The Bertz CT molecular complexity index is 534. The van der Waals surface area contributed by atoms with Gasteiger partial charge in [0.1, 0.15) is 6.04 Å². The largest absolute Gasteiger partial charge is 0.354 e. The molecule has 0 aliphatic carbocycles. The van der Waals surface area contributed by atoms with Crippen molar-refractivity contribution in [1.82, 2.24) is 10.6 Å². The minimum Gasteiger partial charge on any atom is -0.354 e. The summed E-state index contributed by atoms with van der Waals surface area (Å²) in [7, 11) is 0. The minimum absolute atomic E-state index is 0.134. The lowest BCUT2D eigenvalue weighted by molar-refractivity contribution is -0.128. The highest BCUT2D eigenvalue weighted by Gasteiger charge is 2.22. The Morgan fingerprint density at radius 2 is 2.10 bits per heavy atom. The monoisotopic (exact) mass is 296 g/mol. The second-order valence-electron chi connectivity index (χ2n) is 5.16. The quantitative estimate of drug-likeness (QED) is 0.888. The van der Waals surface area contributed by atoms with Crippen molar-refractivity contribution in [3.8, 4) is 0 Å². The van der Waals surface area contributed by atoms with E-state index in [1.807, 2.05) is 0 Å². The zero-order valence-corrected chi connectivity index (χ0v) is 11.6. The van der Waals surface area contributed by atoms with Gasteiger partial charge in [0.2, 0.25) is 11.8 Å². The Hall–Kier alpha value is -1.98. The molecule has 1 fully saturated rings. The predicted octanol–water partition coefficient (Wildman–Crippen LogP) is 1.68. The highest BCUT2D eigenvalue weighted by molar-refractivity contribution is 5.87. The van der Waals surface area contributed by atoms with Gasteiger partial charge in [0, 0.05) is 13.0 Å². The summed E-state index contributed by atoms with van der Waals surface area (Å²) in [6.07, 6.45) is 2.86. The summed E-state index contributed by atoms with van der Waals surface area (Å²) in [6, 6.07) is 3.08. The van der Waals surface area contributed by atoms with Crippen LogP contribution >= 0.6 is 0 Å². The molecule has 0 spiro atoms. The molecule has 1 aromatic rings. The first-order valence-corrected chi connectivity index (χ1v) is 7.07. The van der Waals surface area contributed by atoms with Crippen LogP contribution in [0.25, 0.3) is 0 Å². The van der Waals surface area contributed by atoms with Gasteiger partial charge in [0.05, 0.1) is 0 Å². The van der Waals surface area contributed by atoms with E-state index in [0.29, 0.717) is 24.9 Å². The number of nitrogens with one attached hydrogen (secondary N) is 2. The molecule has 0 radical (unpaired) electrons. The molecule has 21 heavy (non-hydrogen) atoms. The third kappa shape index (κ3) is 4.51. The molecule has 4 nitrogen and oxygen atoms in total. The topological polar surface area (TPSA) is 58.2 Å². The molecule has 6 heteroatoms. The first-order valence-electron chi connectivity index (χ1n) is 7.07. The average Bonchev–Trinajstić information content (AvgIpc) is 2.65. The van der Waals surface area contributed by atoms with Crippen molar-refractivity contribution in [2.45, 2.75) is 38.1 Å². The molecule has 1 aliphatic heterocycles. The fraction of sp³-hybridized carbons (Fsp3) is 0.467. The molecule has 1 aliphatic rings. The van der Waals surface area contributed by atoms with Gasteiger partial charge in [-0.25, -0.2) is 8.78 Å². The molecular weight excluding hydrogens is 278 g/mol. The first kappa shape index (κ1) is 15.4. The molecule has 0 unspecified atom stereocenters. The number of hydrogen-bond acceptors (Lipinski definition) is 2. The predicted molar refractivity (Wildman–Crippen MR) is 73.5 cm³/mol. The zero-order valence-electron chi connectivity index (χ0n) is 11.6. The van der Waals surface area contributed by atoms with Crippen LogP contribution in [0.1, 0.15) is 31.2 Å². The molecule has 0 bridgehead atoms. The molecule has 1 atom stereocenters. The van der Waals surface area contributed by atoms with E-state index in [1.54, 1.807) is 0 Å². The van der Waals surface area contributed by atoms with Crippen molar-refractivity contribution in [1.29, 1.82) is 0 Å². The van der Waals surface area contributed by atoms with Gasteiger partial charge < -0.3 is 10.6 Å². The van der Waals surface area contributed by atoms with Crippen LogP contribution in [0.3, 0.4) is 0 Å². The van der Waals surface area contributed by atoms with Gasteiger partial charge in [-0.15, -0.1) is 0 Å². The van der Waals surface area contributed by atoms with Crippen LogP contribution < -0.4 is 10.6 Å². The van der Waals surface area contributed by atoms with E-state index < -0.39 is 17.7 Å². The fourth-order valence-corrected chi connectivity index (χ4v) is 2.30. The second-order valence-corrected chi connectivity index (χ2v) is 5.16. The average molecular weight is 296 g/mol. The molecule has 1 saturated heterocycles. The van der Waals surface area contributed by atoms with E-state index >= 15 is 0 Å². The Morgan fingerprint density at radius 3 is 2.86 bits per heavy atom. The summed E-state index contributed by atoms with van der Waals surface area (Å²) < 4.78 is 25.8. The number of amides is 2. The summed E-state index contributed by atoms with van der Waals surface area (Å²) in [5, 5.41) is 5.43. The lowest BCUT2D eigenvalue weighted by atomic mass is 10.1. The molecule has 0 aromatic heterocycles. The number of carbonyl (C=O) groups is 2. The van der Waals surface area contributed by atoms with Crippen molar-refractivity contribution in [2.75, 3.05) is 6.54 Å². The smallest absolute Gasteiger partial charge is 0.242 e. The third-order valence-corrected chi connectivity index (χ3v) is 3.50. The maximum absolute atomic E-state index is 13.0. The first-order chi connectivity index (χ1) is 10.1. The van der Waals surface area contributed by atoms with Gasteiger partial charge in [-0.3, -0.25) is 9.59 Å². The summed E-state index contributed by atoms with van der Waals surface area (Å²) in [5.74, 6) is -2.25. The van der Waals surface area contributed by atoms with Crippen LogP contribution in [0, 0.1) is 11.6 Å². The number of halogens is 2. The van der Waals surface area contributed by atoms with E-state index in [-0.39, 0.29) is 18.2 Å². The highest BCUT2D eigenvalue weighted by Crippen LogP contribution is 2.11. The number of benzene rings is 1. The highest BCUT2D eigenvalue weighted by atomic mass is 19.2. The van der Waals surface area contributed by atoms with Crippen molar-refractivity contribution in [3.63, 3.8) is 0 Å². The molecule has 0 saturated carbocycles. The van der Waals surface area contributed by atoms with Crippen molar-refractivity contribution < 1.29 is 18.4 Å². The molecule has 2 amide bonds. The van der Waals surface area contributed by atoms with E-state index in [4.69, 9.17) is 0 Å². The van der Waals surface area contributed by atoms with E-state index in [9.17, 15) is 18.4 Å². The lowest BCUT2D eigenvalue weighted by Gasteiger charge is -2.15. The van der Waals surface area contributed by atoms with Gasteiger partial charge in [0.25, 0.3) is 0 Å². The Morgan fingerprint density at radius 1 is 1.29 bits per heavy atom. The van der Waals surface area contributed by atoms with Gasteiger partial charge >= 0.3 is 0 Å². The third-order valence-electron chi connectivity index (χ3n) is 3.50. The Kier molecular flexibility index (Phi) is 5.25. The number of carbonyl (C=O) groups excluding carboxylic acids is 2. The van der Waals surface area contributed by atoms with Crippen LogP contribution in [-0.2, 0) is 16.0 Å². The normalized spacial score (nSPS) is 18.8. The summed E-state index contributed by atoms with van der Waals surface area (Å²) in [6.45, 7) is 0.639. The van der Waals surface area contributed by atoms with Gasteiger partial charge in [-0.05, 0) is 43.4 Å². The fourth-order valence-electron chi connectivity index (χ4n) is 2.30. The summed E-state index contributed by atoms with van der Waals surface area (Å²) in [5.41, 5.74) is 0.550. The van der Waals surface area contributed by atoms with E-state index in [0.717, 1.165) is 25.0 Å². The van der Waals surface area contributed by atoms with Gasteiger partial charge in [-0.1, -0.05) is 6.07 Å². The standard InChI is InChI=1S/C15H18F2N2O2/c16-11-6-4-10(9-12(11)17)5-7-14(20)19-13-3-1-2-8-18-15(13)21/h4,6,9,13H,1-3,5,7-8H2,(H,18,21)(H,19,20)/t13-/m0/s1. The van der Waals surface area contributed by atoms with E-state index in [2.05, 4.69) is 10.6 Å². The number of hydrogen-bond donors (Lipinski definition) is 2. The lowest BCUT2D eigenvalue weighted by Crippen LogP contribution is -2.45. The maximum atomic E-state index is 13.0. The van der Waals surface area contributed by atoms with Crippen molar-refractivity contribution in [3.05, 3.63) is 35.4 Å². The molecule has 2 rings (SSSR count). The molecule has 1 heterocycles. The zero-order chi connectivity index (χ0) is 15.2. The van der Waals surface area contributed by atoms with Crippen LogP contribution in [0.4, 0.5) is 8.78 Å². The maximum Gasteiger partial charge on any atom is 0.242 e. The Balaban J connectivity index is 1.83. The van der Waals surface area contributed by atoms with E-state index in [1.165, 1.54) is 6.07 Å². The van der Waals surface area contributed by atoms with Crippen LogP contribution in [-0.4, -0.2) is 24.4 Å². The number of aryl methyl sites for hydroxylation is 1. The van der Waals surface area contributed by atoms with Gasteiger partial charge in [0.15, 0.2) is 11.6 Å².